The third kappa shape index (κ3) is 4.56. The number of carbonyl (C=O) groups is 1. The Morgan fingerprint density at radius 3 is 2.66 bits per heavy atom. The van der Waals surface area contributed by atoms with Crippen molar-refractivity contribution in [3.8, 4) is 5.69 Å². The van der Waals surface area contributed by atoms with Crippen molar-refractivity contribution in [1.29, 1.82) is 0 Å². The topological polar surface area (TPSA) is 94.7 Å². The number of benzene rings is 1. The summed E-state index contributed by atoms with van der Waals surface area (Å²) in [6, 6.07) is 15.3. The molecule has 1 fully saturated rings. The van der Waals surface area contributed by atoms with Gasteiger partial charge in [-0.3, -0.25) is 23.9 Å². The fourth-order valence-corrected chi connectivity index (χ4v) is 5.61. The lowest BCUT2D eigenvalue weighted by molar-refractivity contribution is 0.0919. The number of hydrogen-bond donors (Lipinski definition) is 1. The molecule has 38 heavy (non-hydrogen) atoms. The number of aromatic nitrogens is 5. The van der Waals surface area contributed by atoms with Gasteiger partial charge in [0.1, 0.15) is 0 Å². The number of nitrogens with zero attached hydrogens (tertiary/aromatic N) is 5. The Morgan fingerprint density at radius 1 is 1.03 bits per heavy atom. The van der Waals surface area contributed by atoms with E-state index in [4.69, 9.17) is 11.6 Å². The van der Waals surface area contributed by atoms with Gasteiger partial charge in [-0.05, 0) is 81.0 Å². The Hall–Kier alpha value is -4.04. The third-order valence-electron chi connectivity index (χ3n) is 7.45. The number of halogens is 1. The maximum Gasteiger partial charge on any atom is 0.334 e. The Kier molecular flexibility index (Phi) is 6.41. The number of rotatable bonds is 5. The highest BCUT2D eigenvalue weighted by Crippen LogP contribution is 2.28. The molecule has 1 aromatic carbocycles. The Balaban J connectivity index is 1.21. The highest BCUT2D eigenvalue weighted by atomic mass is 35.5. The predicted octanol–water partition coefficient (Wildman–Crippen LogP) is 5.08. The molecule has 1 saturated carbocycles. The van der Waals surface area contributed by atoms with Gasteiger partial charge in [0.05, 0.1) is 33.0 Å². The molecule has 1 N–H and O–H groups in total. The van der Waals surface area contributed by atoms with E-state index in [9.17, 15) is 9.59 Å². The number of amides is 1. The minimum atomic E-state index is -0.143. The number of imidazole rings is 1. The monoisotopic (exact) mass is 526 g/mol. The lowest BCUT2D eigenvalue weighted by atomic mass is 9.86. The Labute approximate surface area is 224 Å². The molecule has 1 aliphatic rings. The molecular formula is C29H27ClN6O2. The van der Waals surface area contributed by atoms with Gasteiger partial charge < -0.3 is 5.32 Å². The van der Waals surface area contributed by atoms with Gasteiger partial charge in [0.25, 0.3) is 5.91 Å². The number of aryl methyl sites for hydroxylation is 1. The summed E-state index contributed by atoms with van der Waals surface area (Å²) in [4.78, 5) is 39.7. The van der Waals surface area contributed by atoms with Gasteiger partial charge in [0.2, 0.25) is 0 Å². The second-order valence-corrected chi connectivity index (χ2v) is 10.4. The first-order valence-electron chi connectivity index (χ1n) is 12.8. The van der Waals surface area contributed by atoms with Gasteiger partial charge in [-0.15, -0.1) is 0 Å². The van der Waals surface area contributed by atoms with E-state index in [-0.39, 0.29) is 17.6 Å². The fraction of sp³-hybridized carbons (Fsp3) is 0.276. The van der Waals surface area contributed by atoms with Gasteiger partial charge in [-0.25, -0.2) is 9.78 Å². The summed E-state index contributed by atoms with van der Waals surface area (Å²) in [5.41, 5.74) is 4.22. The molecule has 5 aromatic rings. The molecule has 0 bridgehead atoms. The first-order valence-corrected chi connectivity index (χ1v) is 13.2. The minimum Gasteiger partial charge on any atom is -0.349 e. The van der Waals surface area contributed by atoms with E-state index in [1.807, 2.05) is 42.5 Å². The average Bonchev–Trinajstić information content (AvgIpc) is 3.21. The van der Waals surface area contributed by atoms with Crippen molar-refractivity contribution in [2.24, 2.45) is 5.92 Å². The maximum atomic E-state index is 13.7. The van der Waals surface area contributed by atoms with E-state index in [2.05, 4.69) is 20.3 Å². The van der Waals surface area contributed by atoms with Crippen molar-refractivity contribution in [3.63, 3.8) is 0 Å². The van der Waals surface area contributed by atoms with Crippen LogP contribution in [0.5, 0.6) is 0 Å². The van der Waals surface area contributed by atoms with Crippen molar-refractivity contribution >= 4 is 39.6 Å². The van der Waals surface area contributed by atoms with E-state index in [0.717, 1.165) is 47.8 Å². The number of nitrogens with one attached hydrogen (secondary N) is 1. The summed E-state index contributed by atoms with van der Waals surface area (Å²) in [6.45, 7) is 2.39. The Morgan fingerprint density at radius 2 is 1.82 bits per heavy atom. The van der Waals surface area contributed by atoms with Crippen LogP contribution in [0.4, 0.5) is 0 Å². The number of pyridine rings is 3. The van der Waals surface area contributed by atoms with Crippen molar-refractivity contribution in [2.45, 2.75) is 45.2 Å². The highest BCUT2D eigenvalue weighted by Gasteiger charge is 2.26. The molecule has 0 atom stereocenters. The average molecular weight is 527 g/mol. The Bertz CT molecular complexity index is 1720. The molecule has 0 aliphatic heterocycles. The van der Waals surface area contributed by atoms with Crippen molar-refractivity contribution in [3.05, 3.63) is 93.9 Å². The second-order valence-electron chi connectivity index (χ2n) is 9.93. The van der Waals surface area contributed by atoms with Gasteiger partial charge in [-0.2, -0.15) is 0 Å². The first-order chi connectivity index (χ1) is 18.5. The van der Waals surface area contributed by atoms with Crippen LogP contribution in [0.1, 0.15) is 41.7 Å². The SMILES string of the molecule is Cc1ncc(Cl)cc1C(=O)N[C@H]1CC[C@H](Cn2c(=O)n(-c3ccc4ncccc4c3)c3cccnc32)CC1. The summed E-state index contributed by atoms with van der Waals surface area (Å²) < 4.78 is 3.54. The van der Waals surface area contributed by atoms with Crippen molar-refractivity contribution in [2.75, 3.05) is 0 Å². The standard InChI is InChI=1S/C29H27ClN6O2/c1-18-24(15-21(30)16-33-18)28(37)34-22-8-6-19(7-9-22)17-35-27-26(5-3-13-32-27)36(29(35)38)23-10-11-25-20(14-23)4-2-12-31-25/h2-5,10-16,19,22H,6-9,17H2,1H3,(H,34,37)/t19-,22-. The molecule has 9 heteroatoms. The zero-order valence-corrected chi connectivity index (χ0v) is 21.7. The van der Waals surface area contributed by atoms with Crippen LogP contribution in [-0.2, 0) is 6.54 Å². The van der Waals surface area contributed by atoms with E-state index in [1.54, 1.807) is 40.7 Å². The zero-order chi connectivity index (χ0) is 26.2. The van der Waals surface area contributed by atoms with Gasteiger partial charge in [0.15, 0.2) is 5.65 Å². The molecule has 1 aliphatic carbocycles. The van der Waals surface area contributed by atoms with Gasteiger partial charge in [-0.1, -0.05) is 17.7 Å². The largest absolute Gasteiger partial charge is 0.349 e. The van der Waals surface area contributed by atoms with E-state index in [0.29, 0.717) is 34.4 Å². The van der Waals surface area contributed by atoms with Crippen LogP contribution in [0.2, 0.25) is 5.02 Å². The summed E-state index contributed by atoms with van der Waals surface area (Å²) in [5, 5.41) is 4.57. The van der Waals surface area contributed by atoms with Crippen LogP contribution < -0.4 is 11.0 Å². The van der Waals surface area contributed by atoms with E-state index >= 15 is 0 Å². The highest BCUT2D eigenvalue weighted by molar-refractivity contribution is 6.30. The molecule has 8 nitrogen and oxygen atoms in total. The smallest absolute Gasteiger partial charge is 0.334 e. The summed E-state index contributed by atoms with van der Waals surface area (Å²) in [6.07, 6.45) is 8.55. The first kappa shape index (κ1) is 24.3. The van der Waals surface area contributed by atoms with Crippen LogP contribution in [0, 0.1) is 12.8 Å². The third-order valence-corrected chi connectivity index (χ3v) is 7.66. The van der Waals surface area contributed by atoms with Crippen LogP contribution in [0.3, 0.4) is 0 Å². The minimum absolute atomic E-state index is 0.0829. The quantitative estimate of drug-likeness (QED) is 0.344. The molecular weight excluding hydrogens is 500 g/mol. The molecule has 4 aromatic heterocycles. The molecule has 192 valence electrons. The maximum absolute atomic E-state index is 13.7. The molecule has 0 unspecified atom stereocenters. The molecule has 0 spiro atoms. The zero-order valence-electron chi connectivity index (χ0n) is 21.0. The number of carbonyl (C=O) groups excluding carboxylic acids is 1. The predicted molar refractivity (Wildman–Crippen MR) is 148 cm³/mol. The molecule has 0 radical (unpaired) electrons. The number of fused-ring (bicyclic) bond motifs is 2. The van der Waals surface area contributed by atoms with Crippen LogP contribution in [-0.4, -0.2) is 36.0 Å². The molecule has 4 heterocycles. The van der Waals surface area contributed by atoms with Crippen LogP contribution in [0.15, 0.2) is 71.9 Å². The summed E-state index contributed by atoms with van der Waals surface area (Å²) in [5.74, 6) is 0.173. The molecule has 6 rings (SSSR count). The molecule has 0 saturated heterocycles. The summed E-state index contributed by atoms with van der Waals surface area (Å²) in [7, 11) is 0. The molecule has 1 amide bonds. The lowest BCUT2D eigenvalue weighted by Crippen LogP contribution is -2.39. The van der Waals surface area contributed by atoms with Gasteiger partial charge >= 0.3 is 5.69 Å². The second kappa shape index (κ2) is 10.0. The number of hydrogen-bond acceptors (Lipinski definition) is 5. The van der Waals surface area contributed by atoms with Crippen LogP contribution in [0.25, 0.3) is 27.8 Å². The van der Waals surface area contributed by atoms with Gasteiger partial charge in [0, 0.05) is 36.6 Å². The lowest BCUT2D eigenvalue weighted by Gasteiger charge is -2.29. The van der Waals surface area contributed by atoms with E-state index < -0.39 is 0 Å². The van der Waals surface area contributed by atoms with Crippen molar-refractivity contribution < 1.29 is 4.79 Å². The normalized spacial score (nSPS) is 17.6. The fourth-order valence-electron chi connectivity index (χ4n) is 5.45. The van der Waals surface area contributed by atoms with E-state index in [1.165, 1.54) is 0 Å². The summed E-state index contributed by atoms with van der Waals surface area (Å²) >= 11 is 6.04. The van der Waals surface area contributed by atoms with Crippen LogP contribution >= 0.6 is 11.6 Å². The van der Waals surface area contributed by atoms with Crippen molar-refractivity contribution in [1.82, 2.24) is 29.4 Å².